The number of amides is 4. The van der Waals surface area contributed by atoms with E-state index >= 15 is 0 Å². The SMILES string of the molecule is COc1cc([C@H]2C3=CC[C@@H]4C(=O)N(C5CCCCC5)C(=O)[C@@H]4[C@@H]3C[C@H]3C(=O)N(c4ccc(F)c(Cl)c4)C(=O)[C@@]23C)cc(I)c1O. The molecule has 2 heterocycles. The molecule has 2 aromatic rings. The van der Waals surface area contributed by atoms with Crippen molar-refractivity contribution < 1.29 is 33.4 Å². The third kappa shape index (κ3) is 4.41. The van der Waals surface area contributed by atoms with Gasteiger partial charge in [0, 0.05) is 12.0 Å². The second-order valence-electron chi connectivity index (χ2n) is 13.2. The zero-order valence-corrected chi connectivity index (χ0v) is 27.8. The van der Waals surface area contributed by atoms with Crippen molar-refractivity contribution in [2.75, 3.05) is 12.0 Å². The summed E-state index contributed by atoms with van der Waals surface area (Å²) in [6.45, 7) is 1.78. The summed E-state index contributed by atoms with van der Waals surface area (Å²) in [7, 11) is 1.44. The minimum Gasteiger partial charge on any atom is -0.504 e. The number of likely N-dealkylation sites (tertiary alicyclic amines) is 1. The Morgan fingerprint density at radius 3 is 2.44 bits per heavy atom. The molecule has 5 aliphatic rings. The van der Waals surface area contributed by atoms with Crippen LogP contribution in [0.4, 0.5) is 10.1 Å². The number of hydrogen-bond acceptors (Lipinski definition) is 6. The minimum atomic E-state index is -1.28. The minimum absolute atomic E-state index is 0.0373. The first-order valence-corrected chi connectivity index (χ1v) is 16.9. The highest BCUT2D eigenvalue weighted by Crippen LogP contribution is 2.64. The van der Waals surface area contributed by atoms with E-state index < -0.39 is 52.6 Å². The lowest BCUT2D eigenvalue weighted by Crippen LogP contribution is -2.49. The first-order valence-electron chi connectivity index (χ1n) is 15.5. The molecule has 2 saturated carbocycles. The van der Waals surface area contributed by atoms with Crippen molar-refractivity contribution in [3.63, 3.8) is 0 Å². The Bertz CT molecular complexity index is 1690. The molecule has 11 heteroatoms. The number of phenolic OH excluding ortho intramolecular Hbond substituents is 1. The van der Waals surface area contributed by atoms with Gasteiger partial charge in [0.15, 0.2) is 11.5 Å². The lowest BCUT2D eigenvalue weighted by Gasteiger charge is -2.49. The van der Waals surface area contributed by atoms with Gasteiger partial charge in [-0.3, -0.25) is 24.1 Å². The van der Waals surface area contributed by atoms with Crippen molar-refractivity contribution in [1.29, 1.82) is 0 Å². The van der Waals surface area contributed by atoms with Crippen LogP contribution in [0.15, 0.2) is 42.0 Å². The van der Waals surface area contributed by atoms with E-state index in [1.54, 1.807) is 19.1 Å². The van der Waals surface area contributed by atoms with E-state index in [2.05, 4.69) is 0 Å². The normalized spacial score (nSPS) is 31.6. The number of carbonyl (C=O) groups excluding carboxylic acids is 4. The fourth-order valence-electron chi connectivity index (χ4n) is 8.91. The van der Waals surface area contributed by atoms with Crippen molar-refractivity contribution in [3.05, 3.63) is 62.0 Å². The highest BCUT2D eigenvalue weighted by molar-refractivity contribution is 14.1. The van der Waals surface area contributed by atoms with Crippen molar-refractivity contribution in [2.24, 2.45) is 29.1 Å². The lowest BCUT2D eigenvalue weighted by atomic mass is 9.51. The van der Waals surface area contributed by atoms with Crippen LogP contribution in [0.3, 0.4) is 0 Å². The predicted octanol–water partition coefficient (Wildman–Crippen LogP) is 6.36. The van der Waals surface area contributed by atoms with Gasteiger partial charge in [0.25, 0.3) is 0 Å². The van der Waals surface area contributed by atoms with E-state index in [4.69, 9.17) is 16.3 Å². The molecule has 0 radical (unpaired) electrons. The van der Waals surface area contributed by atoms with Crippen LogP contribution in [-0.4, -0.2) is 46.8 Å². The number of hydrogen-bond donors (Lipinski definition) is 1. The van der Waals surface area contributed by atoms with Crippen molar-refractivity contribution in [2.45, 2.75) is 63.8 Å². The molecule has 2 saturated heterocycles. The van der Waals surface area contributed by atoms with Crippen molar-refractivity contribution in [1.82, 2.24) is 4.90 Å². The maximum atomic E-state index is 14.6. The number of methoxy groups -OCH3 is 1. The molecule has 0 bridgehead atoms. The summed E-state index contributed by atoms with van der Waals surface area (Å²) in [6.07, 6.45) is 7.26. The Kier molecular flexibility index (Phi) is 7.54. The molecule has 7 rings (SSSR count). The van der Waals surface area contributed by atoms with Crippen molar-refractivity contribution >= 4 is 63.5 Å². The summed E-state index contributed by atoms with van der Waals surface area (Å²) in [6, 6.07) is 7.13. The number of carbonyl (C=O) groups is 4. The molecule has 0 aromatic heterocycles. The number of allylic oxidation sites excluding steroid dienone is 2. The summed E-state index contributed by atoms with van der Waals surface area (Å²) in [5.41, 5.74) is 0.406. The molecule has 236 valence electrons. The van der Waals surface area contributed by atoms with Gasteiger partial charge in [0.1, 0.15) is 5.82 Å². The zero-order chi connectivity index (χ0) is 31.9. The summed E-state index contributed by atoms with van der Waals surface area (Å²) in [5, 5.41) is 10.5. The van der Waals surface area contributed by atoms with E-state index in [0.717, 1.165) is 48.6 Å². The van der Waals surface area contributed by atoms with Gasteiger partial charge in [0.2, 0.25) is 23.6 Å². The van der Waals surface area contributed by atoms with E-state index in [1.165, 1.54) is 24.1 Å². The number of nitrogens with zero attached hydrogens (tertiary/aromatic N) is 2. The highest BCUT2D eigenvalue weighted by Gasteiger charge is 2.68. The first-order chi connectivity index (χ1) is 21.5. The van der Waals surface area contributed by atoms with Crippen LogP contribution in [0.2, 0.25) is 5.02 Å². The van der Waals surface area contributed by atoms with Crippen LogP contribution < -0.4 is 9.64 Å². The Morgan fingerprint density at radius 1 is 1.02 bits per heavy atom. The number of fused-ring (bicyclic) bond motifs is 4. The van der Waals surface area contributed by atoms with Gasteiger partial charge in [-0.05, 0) is 97.0 Å². The van der Waals surface area contributed by atoms with Crippen LogP contribution in [0.1, 0.15) is 63.4 Å². The fourth-order valence-corrected chi connectivity index (χ4v) is 9.71. The molecule has 4 amide bonds. The Hall–Kier alpha value is -2.99. The van der Waals surface area contributed by atoms with Gasteiger partial charge < -0.3 is 9.84 Å². The smallest absolute Gasteiger partial charge is 0.241 e. The standard InChI is InChI=1S/C34H33ClFIN2O6/c1-34-22(31(42)39(33(34)44)18-8-11-24(36)23(35)14-18)15-21-19(28(34)16-12-25(37)29(40)26(13-16)45-2)9-10-20-27(21)32(43)38(30(20)41)17-6-4-3-5-7-17/h8-9,11-14,17,20-22,27-28,40H,3-7,10,15H2,1-2H3/t20-,21+,22-,27-,28-,34+/m0/s1. The average molecular weight is 747 g/mol. The molecule has 0 unspecified atom stereocenters. The molecule has 3 aliphatic carbocycles. The van der Waals surface area contributed by atoms with E-state index in [0.29, 0.717) is 15.6 Å². The monoisotopic (exact) mass is 746 g/mol. The molecule has 6 atom stereocenters. The number of halogens is 3. The zero-order valence-electron chi connectivity index (χ0n) is 24.9. The van der Waals surface area contributed by atoms with Crippen molar-refractivity contribution in [3.8, 4) is 11.5 Å². The Morgan fingerprint density at radius 2 is 1.76 bits per heavy atom. The average Bonchev–Trinajstić information content (AvgIpc) is 3.39. The first kappa shape index (κ1) is 30.7. The van der Waals surface area contributed by atoms with Gasteiger partial charge in [0.05, 0.1) is 44.6 Å². The quantitative estimate of drug-likeness (QED) is 0.222. The summed E-state index contributed by atoms with van der Waals surface area (Å²) >= 11 is 8.09. The Labute approximate surface area is 279 Å². The number of aromatic hydroxyl groups is 1. The number of phenols is 1. The summed E-state index contributed by atoms with van der Waals surface area (Å²) in [5.74, 6) is -4.74. The molecule has 2 aliphatic heterocycles. The van der Waals surface area contributed by atoms with Crippen LogP contribution >= 0.6 is 34.2 Å². The molecule has 0 spiro atoms. The second-order valence-corrected chi connectivity index (χ2v) is 14.7. The molecule has 4 fully saturated rings. The van der Waals surface area contributed by atoms with Gasteiger partial charge in [-0.2, -0.15) is 0 Å². The molecular formula is C34H33ClFIN2O6. The van der Waals surface area contributed by atoms with Crippen LogP contribution in [0.5, 0.6) is 11.5 Å². The lowest BCUT2D eigenvalue weighted by molar-refractivity contribution is -0.144. The predicted molar refractivity (Wildman–Crippen MR) is 172 cm³/mol. The van der Waals surface area contributed by atoms with Crippen LogP contribution in [0.25, 0.3) is 0 Å². The molecule has 45 heavy (non-hydrogen) atoms. The number of ether oxygens (including phenoxy) is 1. The van der Waals surface area contributed by atoms with E-state index in [-0.39, 0.29) is 46.5 Å². The third-order valence-electron chi connectivity index (χ3n) is 11.0. The maximum absolute atomic E-state index is 14.6. The van der Waals surface area contributed by atoms with Gasteiger partial charge in [-0.1, -0.05) is 42.5 Å². The summed E-state index contributed by atoms with van der Waals surface area (Å²) < 4.78 is 20.1. The number of imide groups is 2. The number of benzene rings is 2. The molecular weight excluding hydrogens is 714 g/mol. The highest BCUT2D eigenvalue weighted by atomic mass is 127. The molecule has 2 aromatic carbocycles. The topological polar surface area (TPSA) is 104 Å². The van der Waals surface area contributed by atoms with E-state index in [9.17, 15) is 28.7 Å². The largest absolute Gasteiger partial charge is 0.504 e. The van der Waals surface area contributed by atoms with Crippen LogP contribution in [-0.2, 0) is 19.2 Å². The Balaban J connectivity index is 1.37. The van der Waals surface area contributed by atoms with Gasteiger partial charge >= 0.3 is 0 Å². The van der Waals surface area contributed by atoms with Gasteiger partial charge in [-0.15, -0.1) is 0 Å². The molecule has 1 N–H and O–H groups in total. The summed E-state index contributed by atoms with van der Waals surface area (Å²) in [4.78, 5) is 59.5. The third-order valence-corrected chi connectivity index (χ3v) is 12.1. The van der Waals surface area contributed by atoms with Crippen LogP contribution in [0, 0.1) is 38.5 Å². The second kappa shape index (κ2) is 11.1. The van der Waals surface area contributed by atoms with Gasteiger partial charge in [-0.25, -0.2) is 9.29 Å². The number of rotatable bonds is 4. The van der Waals surface area contributed by atoms with E-state index in [1.807, 2.05) is 28.7 Å². The molecule has 8 nitrogen and oxygen atoms in total. The number of anilines is 1. The fraction of sp³-hybridized carbons (Fsp3) is 0.471. The maximum Gasteiger partial charge on any atom is 0.241 e.